The number of piperazine rings is 1. The number of aliphatic hydroxyl groups excluding tert-OH is 1. The topological polar surface area (TPSA) is 53.0 Å². The van der Waals surface area contributed by atoms with Gasteiger partial charge in [-0.3, -0.25) is 9.69 Å². The maximum atomic E-state index is 12.5. The monoisotopic (exact) mass is 320 g/mol. The van der Waals surface area contributed by atoms with Crippen LogP contribution in [0.2, 0.25) is 0 Å². The number of ether oxygens (including phenoxy) is 1. The van der Waals surface area contributed by atoms with Crippen molar-refractivity contribution in [1.29, 1.82) is 0 Å². The number of hydrogen-bond acceptors (Lipinski definition) is 4. The Hall–Kier alpha value is -1.59. The Bertz CT molecular complexity index is 495. The molecular formula is C18H28N2O3. The number of aliphatic hydroxyl groups is 1. The van der Waals surface area contributed by atoms with Gasteiger partial charge >= 0.3 is 0 Å². The van der Waals surface area contributed by atoms with E-state index in [4.69, 9.17) is 4.74 Å². The highest BCUT2D eigenvalue weighted by Crippen LogP contribution is 2.15. The molecule has 0 saturated carbocycles. The lowest BCUT2D eigenvalue weighted by Gasteiger charge is -2.38. The molecule has 5 nitrogen and oxygen atoms in total. The van der Waals surface area contributed by atoms with Gasteiger partial charge in [0.25, 0.3) is 0 Å². The summed E-state index contributed by atoms with van der Waals surface area (Å²) < 4.78 is 5.48. The van der Waals surface area contributed by atoms with Crippen LogP contribution in [-0.4, -0.2) is 66.2 Å². The number of nitrogens with zero attached hydrogens (tertiary/aromatic N) is 2. The zero-order chi connectivity index (χ0) is 16.7. The van der Waals surface area contributed by atoms with E-state index >= 15 is 0 Å². The van der Waals surface area contributed by atoms with E-state index in [0.29, 0.717) is 13.0 Å². The summed E-state index contributed by atoms with van der Waals surface area (Å²) in [7, 11) is 0. The molecule has 1 aliphatic rings. The van der Waals surface area contributed by atoms with Gasteiger partial charge in [0.2, 0.25) is 5.91 Å². The van der Waals surface area contributed by atoms with Crippen LogP contribution in [0.4, 0.5) is 0 Å². The van der Waals surface area contributed by atoms with E-state index in [2.05, 4.69) is 11.8 Å². The molecule has 2 rings (SSSR count). The van der Waals surface area contributed by atoms with Gasteiger partial charge in [0.15, 0.2) is 0 Å². The summed E-state index contributed by atoms with van der Waals surface area (Å²) in [5, 5.41) is 9.38. The zero-order valence-corrected chi connectivity index (χ0v) is 14.2. The first-order chi connectivity index (χ1) is 11.2. The molecule has 1 saturated heterocycles. The highest BCUT2D eigenvalue weighted by molar-refractivity contribution is 5.79. The van der Waals surface area contributed by atoms with E-state index in [1.54, 1.807) is 0 Å². The van der Waals surface area contributed by atoms with Crippen molar-refractivity contribution in [3.05, 3.63) is 29.8 Å². The second kappa shape index (κ2) is 8.89. The van der Waals surface area contributed by atoms with Crippen molar-refractivity contribution in [3.63, 3.8) is 0 Å². The molecule has 1 aromatic rings. The molecule has 1 aromatic carbocycles. The van der Waals surface area contributed by atoms with E-state index in [0.717, 1.165) is 43.9 Å². The fourth-order valence-electron chi connectivity index (χ4n) is 3.04. The van der Waals surface area contributed by atoms with Gasteiger partial charge in [-0.2, -0.15) is 0 Å². The first-order valence-corrected chi connectivity index (χ1v) is 8.52. The van der Waals surface area contributed by atoms with Crippen LogP contribution in [0, 0.1) is 0 Å². The van der Waals surface area contributed by atoms with E-state index in [1.807, 2.05) is 36.1 Å². The smallest absolute Gasteiger partial charge is 0.227 e. The van der Waals surface area contributed by atoms with Gasteiger partial charge in [0.05, 0.1) is 19.6 Å². The molecule has 1 fully saturated rings. The Kier molecular flexibility index (Phi) is 6.86. The molecule has 23 heavy (non-hydrogen) atoms. The predicted molar refractivity (Wildman–Crippen MR) is 90.6 cm³/mol. The minimum atomic E-state index is 0.162. The average molecular weight is 320 g/mol. The summed E-state index contributed by atoms with van der Waals surface area (Å²) in [5.74, 6) is 0.978. The first-order valence-electron chi connectivity index (χ1n) is 8.52. The van der Waals surface area contributed by atoms with E-state index in [9.17, 15) is 9.90 Å². The lowest BCUT2D eigenvalue weighted by Crippen LogP contribution is -2.53. The minimum Gasteiger partial charge on any atom is -0.494 e. The Morgan fingerprint density at radius 2 is 2.00 bits per heavy atom. The number of benzene rings is 1. The summed E-state index contributed by atoms with van der Waals surface area (Å²) in [4.78, 5) is 16.7. The number of hydrogen-bond donors (Lipinski definition) is 1. The largest absolute Gasteiger partial charge is 0.494 e. The Balaban J connectivity index is 1.86. The van der Waals surface area contributed by atoms with Crippen molar-refractivity contribution in [2.45, 2.75) is 32.7 Å². The van der Waals surface area contributed by atoms with Crippen LogP contribution in [0.25, 0.3) is 0 Å². The minimum absolute atomic E-state index is 0.162. The number of amides is 1. The molecule has 5 heteroatoms. The summed E-state index contributed by atoms with van der Waals surface area (Å²) >= 11 is 0. The number of carbonyl (C=O) groups is 1. The van der Waals surface area contributed by atoms with Crippen molar-refractivity contribution in [2.75, 3.05) is 39.4 Å². The third-order valence-corrected chi connectivity index (χ3v) is 4.43. The van der Waals surface area contributed by atoms with Crippen LogP contribution in [0.5, 0.6) is 5.75 Å². The van der Waals surface area contributed by atoms with E-state index in [1.165, 1.54) is 0 Å². The van der Waals surface area contributed by atoms with Crippen molar-refractivity contribution in [1.82, 2.24) is 9.80 Å². The summed E-state index contributed by atoms with van der Waals surface area (Å²) in [5.41, 5.74) is 0.991. The quantitative estimate of drug-likeness (QED) is 0.828. The van der Waals surface area contributed by atoms with Crippen molar-refractivity contribution in [3.8, 4) is 5.75 Å². The predicted octanol–water partition coefficient (Wildman–Crippen LogP) is 1.54. The first kappa shape index (κ1) is 17.8. The number of rotatable bonds is 7. The van der Waals surface area contributed by atoms with Crippen LogP contribution in [0.1, 0.15) is 25.8 Å². The van der Waals surface area contributed by atoms with Crippen LogP contribution in [0.3, 0.4) is 0 Å². The summed E-state index contributed by atoms with van der Waals surface area (Å²) in [6, 6.07) is 7.97. The molecule has 0 aromatic heterocycles. The van der Waals surface area contributed by atoms with E-state index in [-0.39, 0.29) is 18.6 Å². The molecular weight excluding hydrogens is 292 g/mol. The molecule has 0 bridgehead atoms. The van der Waals surface area contributed by atoms with Gasteiger partial charge < -0.3 is 14.7 Å². The van der Waals surface area contributed by atoms with Gasteiger partial charge in [0.1, 0.15) is 5.75 Å². The highest BCUT2D eigenvalue weighted by Gasteiger charge is 2.24. The van der Waals surface area contributed by atoms with Crippen molar-refractivity contribution >= 4 is 5.91 Å². The van der Waals surface area contributed by atoms with Gasteiger partial charge in [-0.15, -0.1) is 0 Å². The molecule has 1 amide bonds. The fourth-order valence-corrected chi connectivity index (χ4v) is 3.04. The molecule has 1 N–H and O–H groups in total. The maximum absolute atomic E-state index is 12.5. The molecule has 1 aliphatic heterocycles. The van der Waals surface area contributed by atoms with Crippen LogP contribution >= 0.6 is 0 Å². The molecule has 1 unspecified atom stereocenters. The molecule has 0 spiro atoms. The molecule has 1 heterocycles. The SMILES string of the molecule is CCOc1cccc(CC(=O)N2CCN(C(CC)CO)CC2)c1. The fraction of sp³-hybridized carbons (Fsp3) is 0.611. The third kappa shape index (κ3) is 4.94. The maximum Gasteiger partial charge on any atom is 0.227 e. The second-order valence-electron chi connectivity index (χ2n) is 5.92. The number of carbonyl (C=O) groups excluding carboxylic acids is 1. The molecule has 1 atom stereocenters. The Morgan fingerprint density at radius 1 is 1.26 bits per heavy atom. The Morgan fingerprint density at radius 3 is 2.61 bits per heavy atom. The molecule has 128 valence electrons. The Labute approximate surface area is 138 Å². The van der Waals surface area contributed by atoms with E-state index < -0.39 is 0 Å². The van der Waals surface area contributed by atoms with Gasteiger partial charge in [-0.1, -0.05) is 19.1 Å². The normalized spacial score (nSPS) is 17.1. The summed E-state index contributed by atoms with van der Waals surface area (Å²) in [6.45, 7) is 8.00. The lowest BCUT2D eigenvalue weighted by atomic mass is 10.1. The summed E-state index contributed by atoms with van der Waals surface area (Å²) in [6.07, 6.45) is 1.35. The second-order valence-corrected chi connectivity index (χ2v) is 5.92. The standard InChI is InChI=1S/C18H28N2O3/c1-3-16(14-21)19-8-10-20(11-9-19)18(22)13-15-6-5-7-17(12-15)23-4-2/h5-7,12,16,21H,3-4,8-11,13-14H2,1-2H3. The average Bonchev–Trinajstić information content (AvgIpc) is 2.57. The van der Waals surface area contributed by atoms with Crippen LogP contribution < -0.4 is 4.74 Å². The molecule has 0 radical (unpaired) electrons. The van der Waals surface area contributed by atoms with Gasteiger partial charge in [-0.05, 0) is 31.0 Å². The van der Waals surface area contributed by atoms with Gasteiger partial charge in [-0.25, -0.2) is 0 Å². The van der Waals surface area contributed by atoms with Crippen molar-refractivity contribution < 1.29 is 14.6 Å². The van der Waals surface area contributed by atoms with Crippen LogP contribution in [-0.2, 0) is 11.2 Å². The van der Waals surface area contributed by atoms with Crippen LogP contribution in [0.15, 0.2) is 24.3 Å². The third-order valence-electron chi connectivity index (χ3n) is 4.43. The highest BCUT2D eigenvalue weighted by atomic mass is 16.5. The molecule has 0 aliphatic carbocycles. The lowest BCUT2D eigenvalue weighted by molar-refractivity contribution is -0.132. The van der Waals surface area contributed by atoms with Crippen molar-refractivity contribution in [2.24, 2.45) is 0 Å². The van der Waals surface area contributed by atoms with Gasteiger partial charge in [0, 0.05) is 32.2 Å². The zero-order valence-electron chi connectivity index (χ0n) is 14.2.